The minimum Gasteiger partial charge on any atom is -0.493 e. The number of ether oxygens (including phenoxy) is 2. The maximum atomic E-state index is 14.1. The molecular weight excluding hydrogens is 299 g/mol. The van der Waals surface area contributed by atoms with Crippen molar-refractivity contribution in [2.24, 2.45) is 0 Å². The number of rotatable bonds is 6. The lowest BCUT2D eigenvalue weighted by atomic mass is 10.2. The van der Waals surface area contributed by atoms with Crippen molar-refractivity contribution in [3.63, 3.8) is 0 Å². The molecule has 0 radical (unpaired) electrons. The van der Waals surface area contributed by atoms with E-state index in [9.17, 15) is 13.2 Å². The Labute approximate surface area is 125 Å². The van der Waals surface area contributed by atoms with Gasteiger partial charge in [-0.05, 0) is 18.6 Å². The van der Waals surface area contributed by atoms with E-state index in [4.69, 9.17) is 4.74 Å². The van der Waals surface area contributed by atoms with Crippen LogP contribution in [0, 0.1) is 5.82 Å². The number of benzene rings is 1. The Morgan fingerprint density at radius 2 is 2.00 bits per heavy atom. The van der Waals surface area contributed by atoms with Crippen LogP contribution in [0.2, 0.25) is 0 Å². The molecule has 1 N–H and O–H groups in total. The molecule has 5 nitrogen and oxygen atoms in total. The summed E-state index contributed by atoms with van der Waals surface area (Å²) in [6.07, 6.45) is 1.63. The number of hydrogen-bond donors (Lipinski definition) is 1. The highest BCUT2D eigenvalue weighted by atomic mass is 19.3. The molecule has 22 heavy (non-hydrogen) atoms. The van der Waals surface area contributed by atoms with Crippen molar-refractivity contribution < 1.29 is 22.6 Å². The average Bonchev–Trinajstić information content (AvgIpc) is 2.49. The molecule has 0 atom stereocenters. The number of hydrogen-bond acceptors (Lipinski definition) is 5. The maximum Gasteiger partial charge on any atom is 0.387 e. The van der Waals surface area contributed by atoms with Gasteiger partial charge in [-0.1, -0.05) is 6.92 Å². The van der Waals surface area contributed by atoms with Crippen molar-refractivity contribution >= 4 is 11.5 Å². The van der Waals surface area contributed by atoms with Crippen molar-refractivity contribution in [1.82, 2.24) is 9.97 Å². The van der Waals surface area contributed by atoms with Crippen LogP contribution in [0.4, 0.5) is 24.7 Å². The van der Waals surface area contributed by atoms with Gasteiger partial charge in [0.2, 0.25) is 0 Å². The Balaban J connectivity index is 2.30. The second-order valence-corrected chi connectivity index (χ2v) is 4.21. The lowest BCUT2D eigenvalue weighted by Crippen LogP contribution is -2.05. The van der Waals surface area contributed by atoms with E-state index in [0.717, 1.165) is 0 Å². The fourth-order valence-electron chi connectivity index (χ4n) is 1.82. The summed E-state index contributed by atoms with van der Waals surface area (Å²) in [6.45, 7) is -1.23. The average molecular weight is 313 g/mol. The lowest BCUT2D eigenvalue weighted by Gasteiger charge is -2.13. The number of methoxy groups -OCH3 is 1. The minimum absolute atomic E-state index is 0.0417. The molecule has 0 aliphatic carbocycles. The van der Waals surface area contributed by atoms with Crippen molar-refractivity contribution in [3.8, 4) is 11.5 Å². The third-order valence-electron chi connectivity index (χ3n) is 2.84. The quantitative estimate of drug-likeness (QED) is 0.884. The Kier molecular flexibility index (Phi) is 5.03. The number of aryl methyl sites for hydroxylation is 1. The van der Waals surface area contributed by atoms with E-state index in [-0.39, 0.29) is 23.0 Å². The summed E-state index contributed by atoms with van der Waals surface area (Å²) in [4.78, 5) is 7.61. The molecule has 2 aromatic rings. The number of nitrogens with zero attached hydrogens (tertiary/aromatic N) is 2. The number of anilines is 2. The van der Waals surface area contributed by atoms with Gasteiger partial charge in [0.15, 0.2) is 23.1 Å². The van der Waals surface area contributed by atoms with Gasteiger partial charge in [0.1, 0.15) is 6.33 Å². The molecule has 8 heteroatoms. The van der Waals surface area contributed by atoms with E-state index < -0.39 is 12.4 Å². The van der Waals surface area contributed by atoms with E-state index >= 15 is 0 Å². The Morgan fingerprint density at radius 1 is 1.23 bits per heavy atom. The number of nitrogens with one attached hydrogen (secondary N) is 1. The van der Waals surface area contributed by atoms with E-state index in [0.29, 0.717) is 12.1 Å². The molecule has 0 aliphatic heterocycles. The monoisotopic (exact) mass is 313 g/mol. The van der Waals surface area contributed by atoms with Crippen molar-refractivity contribution in [1.29, 1.82) is 0 Å². The highest BCUT2D eigenvalue weighted by Gasteiger charge is 2.14. The van der Waals surface area contributed by atoms with Gasteiger partial charge >= 0.3 is 6.61 Å². The molecule has 0 fully saturated rings. The van der Waals surface area contributed by atoms with Gasteiger partial charge in [-0.2, -0.15) is 8.78 Å². The first-order valence-electron chi connectivity index (χ1n) is 6.44. The second-order valence-electron chi connectivity index (χ2n) is 4.21. The Bertz CT molecular complexity index is 653. The van der Waals surface area contributed by atoms with Crippen molar-refractivity contribution in [3.05, 3.63) is 36.0 Å². The molecule has 0 spiro atoms. The Hall–Kier alpha value is -2.51. The van der Waals surface area contributed by atoms with Crippen molar-refractivity contribution in [2.75, 3.05) is 12.4 Å². The fourth-order valence-corrected chi connectivity index (χ4v) is 1.82. The molecule has 118 valence electrons. The summed E-state index contributed by atoms with van der Waals surface area (Å²) < 4.78 is 48.1. The van der Waals surface area contributed by atoms with Crippen LogP contribution in [-0.2, 0) is 6.42 Å². The van der Waals surface area contributed by atoms with Crippen LogP contribution >= 0.6 is 0 Å². The van der Waals surface area contributed by atoms with Crippen LogP contribution in [0.25, 0.3) is 0 Å². The fraction of sp³-hybridized carbons (Fsp3) is 0.286. The van der Waals surface area contributed by atoms with Gasteiger partial charge in [0.05, 0.1) is 12.8 Å². The zero-order valence-electron chi connectivity index (χ0n) is 11.9. The third kappa shape index (κ3) is 3.57. The van der Waals surface area contributed by atoms with Gasteiger partial charge in [0, 0.05) is 11.8 Å². The summed E-state index contributed by atoms with van der Waals surface area (Å²) in [5.41, 5.74) is 0.589. The number of aromatic nitrogens is 2. The van der Waals surface area contributed by atoms with Crippen molar-refractivity contribution in [2.45, 2.75) is 20.0 Å². The molecule has 1 aromatic heterocycles. The van der Waals surface area contributed by atoms with Crippen LogP contribution < -0.4 is 14.8 Å². The van der Waals surface area contributed by atoms with E-state index in [1.54, 1.807) is 6.92 Å². The number of alkyl halides is 2. The standard InChI is InChI=1S/C14H14F3N3O2/c1-3-9-12(15)13(19-7-18-9)20-8-4-5-10(21-2)11(6-8)22-14(16)17/h4-7,14H,3H2,1-2H3,(H,18,19,20). The van der Waals surface area contributed by atoms with Gasteiger partial charge < -0.3 is 14.8 Å². The van der Waals surface area contributed by atoms with E-state index in [2.05, 4.69) is 20.0 Å². The van der Waals surface area contributed by atoms with Gasteiger partial charge in [0.25, 0.3) is 0 Å². The largest absolute Gasteiger partial charge is 0.493 e. The van der Waals surface area contributed by atoms with E-state index in [1.165, 1.54) is 31.6 Å². The lowest BCUT2D eigenvalue weighted by molar-refractivity contribution is -0.0511. The molecule has 0 saturated heterocycles. The predicted octanol–water partition coefficient (Wildman–Crippen LogP) is 3.53. The molecule has 1 aromatic carbocycles. The van der Waals surface area contributed by atoms with Crippen LogP contribution in [0.1, 0.15) is 12.6 Å². The normalized spacial score (nSPS) is 10.6. The smallest absolute Gasteiger partial charge is 0.387 e. The maximum absolute atomic E-state index is 14.1. The third-order valence-corrected chi connectivity index (χ3v) is 2.84. The summed E-state index contributed by atoms with van der Waals surface area (Å²) in [7, 11) is 1.33. The molecule has 2 rings (SSSR count). The minimum atomic E-state index is -2.99. The second kappa shape index (κ2) is 6.97. The molecular formula is C14H14F3N3O2. The highest BCUT2D eigenvalue weighted by molar-refractivity contribution is 5.61. The van der Waals surface area contributed by atoms with E-state index in [1.807, 2.05) is 0 Å². The van der Waals surface area contributed by atoms with Gasteiger partial charge in [-0.3, -0.25) is 0 Å². The SMILES string of the molecule is CCc1ncnc(Nc2ccc(OC)c(OC(F)F)c2)c1F. The first-order chi connectivity index (χ1) is 10.5. The molecule has 0 amide bonds. The van der Waals surface area contributed by atoms with Gasteiger partial charge in [-0.25, -0.2) is 14.4 Å². The van der Waals surface area contributed by atoms with Crippen LogP contribution in [0.3, 0.4) is 0 Å². The molecule has 0 saturated carbocycles. The van der Waals surface area contributed by atoms with Gasteiger partial charge in [-0.15, -0.1) is 0 Å². The molecule has 0 bridgehead atoms. The van der Waals surface area contributed by atoms with Crippen LogP contribution in [0.15, 0.2) is 24.5 Å². The molecule has 0 aliphatic rings. The summed E-state index contributed by atoms with van der Waals surface area (Å²) >= 11 is 0. The molecule has 1 heterocycles. The highest BCUT2D eigenvalue weighted by Crippen LogP contribution is 2.32. The number of halogens is 3. The summed E-state index contributed by atoms with van der Waals surface area (Å²) in [6, 6.07) is 4.24. The molecule has 0 unspecified atom stereocenters. The first kappa shape index (κ1) is 15.9. The van der Waals surface area contributed by atoms with Crippen LogP contribution in [-0.4, -0.2) is 23.7 Å². The summed E-state index contributed by atoms with van der Waals surface area (Å²) in [5.74, 6) is -0.645. The zero-order valence-corrected chi connectivity index (χ0v) is 11.9. The van der Waals surface area contributed by atoms with Crippen LogP contribution in [0.5, 0.6) is 11.5 Å². The first-order valence-corrected chi connectivity index (χ1v) is 6.44. The topological polar surface area (TPSA) is 56.3 Å². The Morgan fingerprint density at radius 3 is 2.64 bits per heavy atom. The predicted molar refractivity (Wildman–Crippen MR) is 74.3 cm³/mol. The summed E-state index contributed by atoms with van der Waals surface area (Å²) in [5, 5.41) is 2.71. The zero-order chi connectivity index (χ0) is 16.1.